The molecule has 0 spiro atoms. The monoisotopic (exact) mass is 289 g/mol. The van der Waals surface area contributed by atoms with Gasteiger partial charge in [-0.25, -0.2) is 0 Å². The Morgan fingerprint density at radius 3 is 2.20 bits per heavy atom. The van der Waals surface area contributed by atoms with Gasteiger partial charge in [-0.1, -0.05) is 26.7 Å². The predicted octanol–water partition coefficient (Wildman–Crippen LogP) is 1.83. The van der Waals surface area contributed by atoms with Crippen LogP contribution in [-0.2, 0) is 32.7 Å². The molecule has 89 valence electrons. The van der Waals surface area contributed by atoms with Crippen LogP contribution in [0.2, 0.25) is 0 Å². The summed E-state index contributed by atoms with van der Waals surface area (Å²) in [7, 11) is 1.93. The summed E-state index contributed by atoms with van der Waals surface area (Å²) in [5, 5.41) is 4.31. The zero-order valence-corrected chi connectivity index (χ0v) is 13.4. The third-order valence-electron chi connectivity index (χ3n) is 2.60. The molecule has 0 aliphatic carbocycles. The average Bonchev–Trinajstić information content (AvgIpc) is 2.30. The molecule has 3 nitrogen and oxygen atoms in total. The van der Waals surface area contributed by atoms with E-state index in [0.717, 1.165) is 13.0 Å². The molecule has 4 heteroatoms. The van der Waals surface area contributed by atoms with Crippen LogP contribution in [0.3, 0.4) is 0 Å². The van der Waals surface area contributed by atoms with Crippen LogP contribution < -0.4 is 5.73 Å². The van der Waals surface area contributed by atoms with Crippen molar-refractivity contribution in [1.82, 2.24) is 4.90 Å². The summed E-state index contributed by atoms with van der Waals surface area (Å²) in [6.45, 7) is 8.41. The van der Waals surface area contributed by atoms with E-state index in [2.05, 4.69) is 10.2 Å². The Balaban J connectivity index is 0. The van der Waals surface area contributed by atoms with E-state index in [4.69, 9.17) is 5.73 Å². The van der Waals surface area contributed by atoms with Gasteiger partial charge in [0.15, 0.2) is 0 Å². The summed E-state index contributed by atoms with van der Waals surface area (Å²) < 4.78 is 0. The van der Waals surface area contributed by atoms with Crippen LogP contribution in [0.4, 0.5) is 0 Å². The molecule has 0 aromatic carbocycles. The molecule has 2 N–H and O–H groups in total. The summed E-state index contributed by atoms with van der Waals surface area (Å²) in [4.78, 5) is 2.49. The van der Waals surface area contributed by atoms with E-state index < -0.39 is 0 Å². The second kappa shape index (κ2) is 13.1. The van der Waals surface area contributed by atoms with Gasteiger partial charge in [0.1, 0.15) is 0 Å². The van der Waals surface area contributed by atoms with E-state index >= 15 is 0 Å². The first-order chi connectivity index (χ1) is 6.86. The molecule has 1 rings (SSSR count). The van der Waals surface area contributed by atoms with Gasteiger partial charge in [-0.2, -0.15) is 7.05 Å². The zero-order chi connectivity index (χ0) is 10.8. The number of nitrogens with two attached hydrogens (primary N) is 1. The molecule has 1 fully saturated rings. The number of hydrogen-bond acceptors (Lipinski definition) is 2. The van der Waals surface area contributed by atoms with Crippen molar-refractivity contribution in [1.29, 1.82) is 0 Å². The second-order valence-corrected chi connectivity index (χ2v) is 3.47. The van der Waals surface area contributed by atoms with Crippen LogP contribution in [0.1, 0.15) is 33.1 Å². The summed E-state index contributed by atoms with van der Waals surface area (Å²) in [6.07, 6.45) is 3.61. The van der Waals surface area contributed by atoms with Crippen molar-refractivity contribution in [3.8, 4) is 0 Å². The number of likely N-dealkylation sites (tertiary alicyclic amines) is 1. The molecule has 0 aromatic rings. The molecule has 0 amide bonds. The topological polar surface area (TPSA) is 43.4 Å². The molecule has 1 radical (unpaired) electrons. The van der Waals surface area contributed by atoms with Gasteiger partial charge in [0.05, 0.1) is 0 Å². The van der Waals surface area contributed by atoms with E-state index in [1.807, 2.05) is 20.9 Å². The average molecular weight is 289 g/mol. The molecule has 0 atom stereocenters. The van der Waals surface area contributed by atoms with Crippen molar-refractivity contribution >= 4 is 0 Å². The molecule has 0 saturated carbocycles. The Morgan fingerprint density at radius 1 is 1.27 bits per heavy atom. The van der Waals surface area contributed by atoms with Crippen LogP contribution in [0.5, 0.6) is 0 Å². The van der Waals surface area contributed by atoms with Gasteiger partial charge < -0.3 is 16.0 Å². The van der Waals surface area contributed by atoms with Gasteiger partial charge in [-0.05, 0) is 32.6 Å². The summed E-state index contributed by atoms with van der Waals surface area (Å²) in [5.41, 5.74) is 5.45. The predicted molar refractivity (Wildman–Crippen MR) is 63.8 cm³/mol. The van der Waals surface area contributed by atoms with Crippen molar-refractivity contribution in [2.24, 2.45) is 5.73 Å². The van der Waals surface area contributed by atoms with Crippen molar-refractivity contribution in [3.05, 3.63) is 5.32 Å². The molecule has 15 heavy (non-hydrogen) atoms. The fraction of sp³-hybridized carbons (Fsp3) is 1.00. The Kier molecular flexibility index (Phi) is 16.0. The molecule has 1 aliphatic rings. The van der Waals surface area contributed by atoms with Gasteiger partial charge in [0.2, 0.25) is 0 Å². The Morgan fingerprint density at radius 2 is 1.80 bits per heavy atom. The SMILES string of the molecule is CC.C[N-]C1CCN(CCCN)CC1.[Y]. The van der Waals surface area contributed by atoms with Crippen LogP contribution in [0, 0.1) is 0 Å². The van der Waals surface area contributed by atoms with Gasteiger partial charge in [-0.3, -0.25) is 0 Å². The third-order valence-corrected chi connectivity index (χ3v) is 2.60. The standard InChI is InChI=1S/C9H20N3.C2H6.Y/c1-11-9-3-7-12(8-4-9)6-2-5-10;1-2;/h9H,2-8,10H2,1H3;1-2H3;/q-1;;. The van der Waals surface area contributed by atoms with Gasteiger partial charge in [0, 0.05) is 32.7 Å². The summed E-state index contributed by atoms with van der Waals surface area (Å²) in [5.74, 6) is 0. The minimum absolute atomic E-state index is 0. The van der Waals surface area contributed by atoms with Crippen LogP contribution >= 0.6 is 0 Å². The molecular weight excluding hydrogens is 263 g/mol. The molecule has 1 heterocycles. The maximum atomic E-state index is 5.45. The molecule has 0 unspecified atom stereocenters. The minimum atomic E-state index is 0. The largest absolute Gasteiger partial charge is 0.662 e. The maximum Gasteiger partial charge on any atom is 0 e. The first kappa shape index (κ1) is 18.4. The van der Waals surface area contributed by atoms with Gasteiger partial charge in [0.25, 0.3) is 0 Å². The van der Waals surface area contributed by atoms with E-state index in [9.17, 15) is 0 Å². The fourth-order valence-corrected chi connectivity index (χ4v) is 1.72. The third kappa shape index (κ3) is 8.76. The summed E-state index contributed by atoms with van der Waals surface area (Å²) >= 11 is 0. The zero-order valence-electron chi connectivity index (χ0n) is 10.6. The smallest absolute Gasteiger partial charge is 0 e. The van der Waals surface area contributed by atoms with E-state index in [1.54, 1.807) is 0 Å². The number of piperidine rings is 1. The number of nitrogens with zero attached hydrogens (tertiary/aromatic N) is 2. The second-order valence-electron chi connectivity index (χ2n) is 3.47. The minimum Gasteiger partial charge on any atom is -0.662 e. The normalized spacial score (nSPS) is 17.6. The van der Waals surface area contributed by atoms with Gasteiger partial charge in [-0.15, -0.1) is 6.04 Å². The maximum absolute atomic E-state index is 5.45. The molecule has 1 saturated heterocycles. The molecule has 1 aliphatic heterocycles. The molecular formula is C11H26N3Y-. The Bertz CT molecular complexity index is 114. The summed E-state index contributed by atoms with van der Waals surface area (Å²) in [6, 6.07) is 0.624. The van der Waals surface area contributed by atoms with Crippen LogP contribution in [-0.4, -0.2) is 44.2 Å². The van der Waals surface area contributed by atoms with E-state index in [0.29, 0.717) is 6.04 Å². The molecule has 0 bridgehead atoms. The van der Waals surface area contributed by atoms with Crippen LogP contribution in [0.15, 0.2) is 0 Å². The van der Waals surface area contributed by atoms with E-state index in [-0.39, 0.29) is 32.7 Å². The number of hydrogen-bond donors (Lipinski definition) is 1. The quantitative estimate of drug-likeness (QED) is 0.858. The molecule has 0 aromatic heterocycles. The Hall–Kier alpha value is 0.984. The first-order valence-electron chi connectivity index (χ1n) is 5.88. The van der Waals surface area contributed by atoms with Crippen molar-refractivity contribution in [3.63, 3.8) is 0 Å². The number of rotatable bonds is 4. The van der Waals surface area contributed by atoms with E-state index in [1.165, 1.54) is 32.5 Å². The first-order valence-corrected chi connectivity index (χ1v) is 5.88. The fourth-order valence-electron chi connectivity index (χ4n) is 1.72. The Labute approximate surface area is 120 Å². The van der Waals surface area contributed by atoms with Crippen molar-refractivity contribution in [2.45, 2.75) is 39.2 Å². The van der Waals surface area contributed by atoms with Crippen molar-refractivity contribution < 1.29 is 32.7 Å². The van der Waals surface area contributed by atoms with Gasteiger partial charge >= 0.3 is 0 Å². The van der Waals surface area contributed by atoms with Crippen LogP contribution in [0.25, 0.3) is 5.32 Å². The van der Waals surface area contributed by atoms with Crippen molar-refractivity contribution in [2.75, 3.05) is 33.2 Å².